The lowest BCUT2D eigenvalue weighted by atomic mass is 10.1. The lowest BCUT2D eigenvalue weighted by molar-refractivity contribution is -0.145. The van der Waals surface area contributed by atoms with Crippen LogP contribution in [0.5, 0.6) is 0 Å². The van der Waals surface area contributed by atoms with Gasteiger partial charge in [-0.1, -0.05) is 29.8 Å². The van der Waals surface area contributed by atoms with Crippen LogP contribution in [-0.4, -0.2) is 16.9 Å². The molecule has 66 valence electrons. The molecule has 11 heavy (non-hydrogen) atoms. The number of esters is 1. The highest BCUT2D eigenvalue weighted by Gasteiger charge is 2.28. The molecule has 0 fully saturated rings. The fourth-order valence-electron chi connectivity index (χ4n) is 0.490. The molecule has 0 spiro atoms. The lowest BCUT2D eigenvalue weighted by Gasteiger charge is -2.17. The number of hydrogen-bond acceptors (Lipinski definition) is 2. The molecule has 0 radical (unpaired) electrons. The third kappa shape index (κ3) is 3.75. The van der Waals surface area contributed by atoms with Gasteiger partial charge in [-0.15, -0.1) is 0 Å². The van der Waals surface area contributed by atoms with E-state index in [4.69, 9.17) is 4.74 Å². The zero-order chi connectivity index (χ0) is 8.91. The topological polar surface area (TPSA) is 26.3 Å². The van der Waals surface area contributed by atoms with E-state index >= 15 is 0 Å². The maximum atomic E-state index is 11.2. The molecule has 0 bridgehead atoms. The molecule has 0 aromatic rings. The van der Waals surface area contributed by atoms with Crippen LogP contribution in [-0.2, 0) is 9.53 Å². The van der Waals surface area contributed by atoms with Crippen molar-refractivity contribution in [3.05, 3.63) is 0 Å². The summed E-state index contributed by atoms with van der Waals surface area (Å²) in [5.74, 6) is -0.165. The zero-order valence-electron chi connectivity index (χ0n) is 7.32. The summed E-state index contributed by atoms with van der Waals surface area (Å²) in [6.45, 7) is 6.26. The van der Waals surface area contributed by atoms with Gasteiger partial charge in [0.1, 0.15) is 4.32 Å². The van der Waals surface area contributed by atoms with E-state index in [-0.39, 0.29) is 5.97 Å². The molecular weight excluding hydrogens is 208 g/mol. The van der Waals surface area contributed by atoms with E-state index < -0.39 is 4.32 Å². The third-order valence-electron chi connectivity index (χ3n) is 1.53. The molecule has 3 heteroatoms. The van der Waals surface area contributed by atoms with E-state index in [0.717, 1.165) is 12.8 Å². The molecule has 0 aliphatic carbocycles. The van der Waals surface area contributed by atoms with Crippen molar-refractivity contribution in [1.82, 2.24) is 0 Å². The molecule has 0 amide bonds. The predicted molar refractivity (Wildman–Crippen MR) is 48.9 cm³/mol. The molecule has 0 aliphatic rings. The highest BCUT2D eigenvalue weighted by atomic mass is 79.9. The van der Waals surface area contributed by atoms with Crippen molar-refractivity contribution in [3.63, 3.8) is 0 Å². The summed E-state index contributed by atoms with van der Waals surface area (Å²) in [5.41, 5.74) is 0. The van der Waals surface area contributed by atoms with Crippen LogP contribution in [0.2, 0.25) is 0 Å². The molecule has 1 unspecified atom stereocenters. The minimum absolute atomic E-state index is 0.165. The van der Waals surface area contributed by atoms with Crippen molar-refractivity contribution < 1.29 is 9.53 Å². The fourth-order valence-corrected chi connectivity index (χ4v) is 0.604. The number of alkyl halides is 1. The minimum atomic E-state index is -0.498. The van der Waals surface area contributed by atoms with Gasteiger partial charge in [0.2, 0.25) is 0 Å². The Labute approximate surface area is 76.4 Å². The number of rotatable bonds is 4. The van der Waals surface area contributed by atoms with Gasteiger partial charge in [0.25, 0.3) is 0 Å². The van der Waals surface area contributed by atoms with Crippen molar-refractivity contribution in [3.8, 4) is 0 Å². The lowest BCUT2D eigenvalue weighted by Crippen LogP contribution is -2.29. The summed E-state index contributed by atoms with van der Waals surface area (Å²) in [7, 11) is 0. The van der Waals surface area contributed by atoms with Gasteiger partial charge >= 0.3 is 5.97 Å². The first-order chi connectivity index (χ1) is 5.04. The zero-order valence-corrected chi connectivity index (χ0v) is 8.90. The monoisotopic (exact) mass is 222 g/mol. The molecule has 2 nitrogen and oxygen atoms in total. The van der Waals surface area contributed by atoms with Crippen LogP contribution in [0.3, 0.4) is 0 Å². The van der Waals surface area contributed by atoms with Crippen LogP contribution in [0.25, 0.3) is 0 Å². The van der Waals surface area contributed by atoms with Crippen LogP contribution in [0.15, 0.2) is 0 Å². The number of carbonyl (C=O) groups excluding carboxylic acids is 1. The Balaban J connectivity index is 3.82. The van der Waals surface area contributed by atoms with Gasteiger partial charge in [-0.3, -0.25) is 4.79 Å². The average Bonchev–Trinajstić information content (AvgIpc) is 2.00. The van der Waals surface area contributed by atoms with Crippen molar-refractivity contribution in [2.24, 2.45) is 0 Å². The third-order valence-corrected chi connectivity index (χ3v) is 2.41. The first kappa shape index (κ1) is 11.0. The maximum absolute atomic E-state index is 11.2. The van der Waals surface area contributed by atoms with Crippen LogP contribution in [0.1, 0.15) is 33.6 Å². The van der Waals surface area contributed by atoms with Crippen LogP contribution >= 0.6 is 15.9 Å². The highest BCUT2D eigenvalue weighted by Crippen LogP contribution is 2.22. The minimum Gasteiger partial charge on any atom is -0.465 e. The quantitative estimate of drug-likeness (QED) is 0.540. The normalized spacial score (nSPS) is 15.6. The SMILES string of the molecule is CCCOC(=O)C(C)(Br)CC. The second kappa shape index (κ2) is 4.75. The number of hydrogen-bond donors (Lipinski definition) is 0. The summed E-state index contributed by atoms with van der Waals surface area (Å²) in [6, 6.07) is 0. The van der Waals surface area contributed by atoms with Gasteiger partial charge in [-0.2, -0.15) is 0 Å². The smallest absolute Gasteiger partial charge is 0.322 e. The Bertz CT molecular complexity index is 132. The number of ether oxygens (including phenoxy) is 1. The predicted octanol–water partition coefficient (Wildman–Crippen LogP) is 2.50. The van der Waals surface area contributed by atoms with E-state index in [1.807, 2.05) is 20.8 Å². The van der Waals surface area contributed by atoms with Gasteiger partial charge in [0.05, 0.1) is 6.61 Å². The van der Waals surface area contributed by atoms with E-state index in [1.54, 1.807) is 0 Å². The van der Waals surface area contributed by atoms with Gasteiger partial charge in [-0.05, 0) is 19.8 Å². The van der Waals surface area contributed by atoms with E-state index in [0.29, 0.717) is 6.61 Å². The van der Waals surface area contributed by atoms with Gasteiger partial charge in [0, 0.05) is 0 Å². The molecular formula is C8H15BrO2. The number of halogens is 1. The molecule has 1 atom stereocenters. The first-order valence-electron chi connectivity index (χ1n) is 3.90. The fraction of sp³-hybridized carbons (Fsp3) is 0.875. The molecule has 0 aromatic heterocycles. The summed E-state index contributed by atoms with van der Waals surface area (Å²) >= 11 is 3.30. The molecule has 0 aromatic carbocycles. The summed E-state index contributed by atoms with van der Waals surface area (Å²) in [4.78, 5) is 11.2. The second-order valence-electron chi connectivity index (χ2n) is 2.69. The molecule has 0 N–H and O–H groups in total. The van der Waals surface area contributed by atoms with Crippen molar-refractivity contribution in [2.75, 3.05) is 6.61 Å². The number of carbonyl (C=O) groups is 1. The highest BCUT2D eigenvalue weighted by molar-refractivity contribution is 9.10. The van der Waals surface area contributed by atoms with Crippen LogP contribution in [0.4, 0.5) is 0 Å². The van der Waals surface area contributed by atoms with Crippen LogP contribution < -0.4 is 0 Å². The largest absolute Gasteiger partial charge is 0.465 e. The van der Waals surface area contributed by atoms with Gasteiger partial charge in [0.15, 0.2) is 0 Å². The maximum Gasteiger partial charge on any atom is 0.322 e. The van der Waals surface area contributed by atoms with E-state index in [1.165, 1.54) is 0 Å². The molecule has 0 saturated carbocycles. The summed E-state index contributed by atoms with van der Waals surface area (Å²) < 4.78 is 4.46. The Hall–Kier alpha value is -0.0500. The molecule has 0 saturated heterocycles. The van der Waals surface area contributed by atoms with Crippen molar-refractivity contribution >= 4 is 21.9 Å². The first-order valence-corrected chi connectivity index (χ1v) is 4.70. The van der Waals surface area contributed by atoms with Crippen molar-refractivity contribution in [2.45, 2.75) is 37.9 Å². The Morgan fingerprint density at radius 3 is 2.45 bits per heavy atom. The molecule has 0 aliphatic heterocycles. The molecule has 0 rings (SSSR count). The Kier molecular flexibility index (Phi) is 4.73. The summed E-state index contributed by atoms with van der Waals surface area (Å²) in [6.07, 6.45) is 1.62. The van der Waals surface area contributed by atoms with E-state index in [9.17, 15) is 4.79 Å². The van der Waals surface area contributed by atoms with Gasteiger partial charge in [-0.25, -0.2) is 0 Å². The summed E-state index contributed by atoms with van der Waals surface area (Å²) in [5, 5.41) is 0. The van der Waals surface area contributed by atoms with Crippen molar-refractivity contribution in [1.29, 1.82) is 0 Å². The van der Waals surface area contributed by atoms with Gasteiger partial charge < -0.3 is 4.74 Å². The van der Waals surface area contributed by atoms with Crippen LogP contribution in [0, 0.1) is 0 Å². The standard InChI is InChI=1S/C8H15BrO2/c1-4-6-11-7(10)8(3,9)5-2/h4-6H2,1-3H3. The molecule has 0 heterocycles. The Morgan fingerprint density at radius 2 is 2.09 bits per heavy atom. The van der Waals surface area contributed by atoms with E-state index in [2.05, 4.69) is 15.9 Å². The Morgan fingerprint density at radius 1 is 1.55 bits per heavy atom. The second-order valence-corrected chi connectivity index (χ2v) is 4.44. The average molecular weight is 223 g/mol.